The summed E-state index contributed by atoms with van der Waals surface area (Å²) in [5.74, 6) is -0.556. The molecule has 0 unspecified atom stereocenters. The monoisotopic (exact) mass is 212 g/mol. The smallest absolute Gasteiger partial charge is 0.398 e. The summed E-state index contributed by atoms with van der Waals surface area (Å²) in [5.41, 5.74) is -0.329. The molecule has 0 bridgehead atoms. The third-order valence-electron chi connectivity index (χ3n) is 3.07. The van der Waals surface area contributed by atoms with Gasteiger partial charge >= 0.3 is 7.12 Å². The lowest BCUT2D eigenvalue weighted by Crippen LogP contribution is -2.41. The number of rotatable bonds is 1. The molecule has 1 fully saturated rings. The molecular weight excluding hydrogens is 198 g/mol. The van der Waals surface area contributed by atoms with E-state index in [2.05, 4.69) is 10.2 Å². The van der Waals surface area contributed by atoms with Crippen LogP contribution < -0.4 is 5.59 Å². The third-order valence-corrected chi connectivity index (χ3v) is 3.07. The van der Waals surface area contributed by atoms with Crippen molar-refractivity contribution in [1.82, 2.24) is 10.2 Å². The first-order valence-electron chi connectivity index (χ1n) is 4.88. The molecule has 0 saturated carbocycles. The number of halogens is 1. The first-order valence-corrected chi connectivity index (χ1v) is 4.88. The van der Waals surface area contributed by atoms with E-state index in [1.165, 1.54) is 6.07 Å². The van der Waals surface area contributed by atoms with Crippen molar-refractivity contribution in [1.29, 1.82) is 0 Å². The van der Waals surface area contributed by atoms with Crippen molar-refractivity contribution >= 4 is 12.7 Å². The van der Waals surface area contributed by atoms with Gasteiger partial charge in [0, 0.05) is 6.07 Å². The molecular formula is C9H14BFN2O2. The number of hydrogen-bond acceptors (Lipinski definition) is 3. The molecule has 1 aliphatic rings. The lowest BCUT2D eigenvalue weighted by Gasteiger charge is -2.32. The molecule has 1 saturated heterocycles. The van der Waals surface area contributed by atoms with Gasteiger partial charge in [-0.25, -0.2) is 0 Å². The molecule has 0 atom stereocenters. The standard InChI is InChI=1S/C9H14BFN2O2/c1-8(2)9(3,4)15-10(14-8)6-5-7(11)13-12-6/h5H,1-4H3,(H,12,13). The van der Waals surface area contributed by atoms with Crippen LogP contribution in [0.1, 0.15) is 27.7 Å². The number of aromatic amines is 1. The molecule has 15 heavy (non-hydrogen) atoms. The van der Waals surface area contributed by atoms with Gasteiger partial charge in [0.25, 0.3) is 0 Å². The van der Waals surface area contributed by atoms with Gasteiger partial charge in [-0.05, 0) is 27.7 Å². The Morgan fingerprint density at radius 1 is 1.27 bits per heavy atom. The summed E-state index contributed by atoms with van der Waals surface area (Å²) in [6.45, 7) is 7.78. The second kappa shape index (κ2) is 3.06. The molecule has 2 heterocycles. The molecule has 1 aliphatic heterocycles. The van der Waals surface area contributed by atoms with Crippen LogP contribution in [0.3, 0.4) is 0 Å². The number of hydrogen-bond donors (Lipinski definition) is 1. The molecule has 1 aromatic heterocycles. The van der Waals surface area contributed by atoms with Gasteiger partial charge in [-0.15, -0.1) is 5.10 Å². The van der Waals surface area contributed by atoms with E-state index in [0.29, 0.717) is 5.59 Å². The fourth-order valence-corrected chi connectivity index (χ4v) is 1.40. The molecule has 6 heteroatoms. The summed E-state index contributed by atoms with van der Waals surface area (Å²) in [6, 6.07) is 1.28. The van der Waals surface area contributed by atoms with Gasteiger partial charge in [0.2, 0.25) is 5.95 Å². The molecule has 0 amide bonds. The average Bonchev–Trinajstić information content (AvgIpc) is 2.56. The topological polar surface area (TPSA) is 47.1 Å². The highest BCUT2D eigenvalue weighted by Crippen LogP contribution is 2.36. The number of nitrogens with one attached hydrogen (secondary N) is 1. The van der Waals surface area contributed by atoms with E-state index < -0.39 is 24.3 Å². The zero-order chi connectivity index (χ0) is 11.3. The maximum Gasteiger partial charge on any atom is 0.514 e. The highest BCUT2D eigenvalue weighted by molar-refractivity contribution is 6.61. The van der Waals surface area contributed by atoms with Crippen LogP contribution in [0.2, 0.25) is 0 Å². The highest BCUT2D eigenvalue weighted by Gasteiger charge is 2.52. The second-order valence-corrected chi connectivity index (χ2v) is 4.73. The largest absolute Gasteiger partial charge is 0.514 e. The van der Waals surface area contributed by atoms with Gasteiger partial charge in [-0.1, -0.05) is 0 Å². The van der Waals surface area contributed by atoms with Crippen molar-refractivity contribution in [2.45, 2.75) is 38.9 Å². The molecule has 1 aromatic rings. The predicted molar refractivity (Wildman–Crippen MR) is 54.3 cm³/mol. The zero-order valence-corrected chi connectivity index (χ0v) is 9.30. The molecule has 0 aromatic carbocycles. The Bertz CT molecular complexity index is 362. The number of aromatic nitrogens is 2. The van der Waals surface area contributed by atoms with E-state index in [0.717, 1.165) is 0 Å². The first kappa shape index (κ1) is 10.6. The van der Waals surface area contributed by atoms with Gasteiger partial charge < -0.3 is 9.31 Å². The summed E-state index contributed by atoms with van der Waals surface area (Å²) in [7, 11) is -0.577. The third kappa shape index (κ3) is 1.68. The van der Waals surface area contributed by atoms with Gasteiger partial charge in [-0.2, -0.15) is 4.39 Å². The lowest BCUT2D eigenvalue weighted by molar-refractivity contribution is 0.00578. The summed E-state index contributed by atoms with van der Waals surface area (Å²) in [5, 5.41) is 5.95. The van der Waals surface area contributed by atoms with E-state index in [-0.39, 0.29) is 0 Å². The van der Waals surface area contributed by atoms with Crippen LogP contribution >= 0.6 is 0 Å². The highest BCUT2D eigenvalue weighted by atomic mass is 19.1. The van der Waals surface area contributed by atoms with Crippen LogP contribution in [0.5, 0.6) is 0 Å². The Morgan fingerprint density at radius 2 is 1.80 bits per heavy atom. The van der Waals surface area contributed by atoms with Crippen molar-refractivity contribution in [3.63, 3.8) is 0 Å². The van der Waals surface area contributed by atoms with E-state index in [4.69, 9.17) is 9.31 Å². The normalized spacial score (nSPS) is 23.4. The van der Waals surface area contributed by atoms with Crippen LogP contribution in [0.15, 0.2) is 6.07 Å². The molecule has 82 valence electrons. The molecule has 4 nitrogen and oxygen atoms in total. The molecule has 0 radical (unpaired) electrons. The average molecular weight is 212 g/mol. The van der Waals surface area contributed by atoms with Crippen LogP contribution in [-0.4, -0.2) is 28.5 Å². The van der Waals surface area contributed by atoms with Crippen molar-refractivity contribution in [3.05, 3.63) is 12.0 Å². The maximum absolute atomic E-state index is 12.7. The van der Waals surface area contributed by atoms with E-state index in [1.807, 2.05) is 27.7 Å². The fourth-order valence-electron chi connectivity index (χ4n) is 1.40. The van der Waals surface area contributed by atoms with Crippen molar-refractivity contribution in [3.8, 4) is 0 Å². The van der Waals surface area contributed by atoms with Crippen molar-refractivity contribution < 1.29 is 13.7 Å². The van der Waals surface area contributed by atoms with Gasteiger partial charge in [0.05, 0.1) is 16.8 Å². The predicted octanol–water partition coefficient (Wildman–Crippen LogP) is 0.848. The maximum atomic E-state index is 12.7. The molecule has 2 rings (SSSR count). The zero-order valence-electron chi connectivity index (χ0n) is 9.30. The van der Waals surface area contributed by atoms with Crippen LogP contribution in [0.4, 0.5) is 4.39 Å². The minimum absolute atomic E-state index is 0.417. The fraction of sp³-hybridized carbons (Fsp3) is 0.667. The Kier molecular flexibility index (Phi) is 2.17. The first-order chi connectivity index (χ1) is 6.82. The van der Waals surface area contributed by atoms with Crippen LogP contribution in [-0.2, 0) is 9.31 Å². The summed E-state index contributed by atoms with van der Waals surface area (Å²) >= 11 is 0. The lowest BCUT2D eigenvalue weighted by atomic mass is 9.85. The SMILES string of the molecule is CC1(C)OB(c2cc(F)n[nH]2)OC1(C)C. The van der Waals surface area contributed by atoms with Crippen molar-refractivity contribution in [2.24, 2.45) is 0 Å². The van der Waals surface area contributed by atoms with Gasteiger partial charge in [-0.3, -0.25) is 5.10 Å². The summed E-state index contributed by atoms with van der Waals surface area (Å²) in [6.07, 6.45) is 0. The Labute approximate surface area is 88.3 Å². The Hall–Kier alpha value is -0.875. The minimum Gasteiger partial charge on any atom is -0.398 e. The van der Waals surface area contributed by atoms with Crippen molar-refractivity contribution in [2.75, 3.05) is 0 Å². The van der Waals surface area contributed by atoms with E-state index in [9.17, 15) is 4.39 Å². The van der Waals surface area contributed by atoms with Crippen LogP contribution in [0.25, 0.3) is 0 Å². The summed E-state index contributed by atoms with van der Waals surface area (Å²) < 4.78 is 24.1. The molecule has 0 spiro atoms. The minimum atomic E-state index is -0.577. The van der Waals surface area contributed by atoms with E-state index in [1.54, 1.807) is 0 Å². The second-order valence-electron chi connectivity index (χ2n) is 4.73. The Balaban J connectivity index is 2.23. The Morgan fingerprint density at radius 3 is 2.20 bits per heavy atom. The van der Waals surface area contributed by atoms with Gasteiger partial charge in [0.15, 0.2) is 0 Å². The summed E-state index contributed by atoms with van der Waals surface area (Å²) in [4.78, 5) is 0. The van der Waals surface area contributed by atoms with Crippen LogP contribution in [0, 0.1) is 5.95 Å². The molecule has 1 N–H and O–H groups in total. The number of H-pyrrole nitrogens is 1. The molecule has 0 aliphatic carbocycles. The van der Waals surface area contributed by atoms with E-state index >= 15 is 0 Å². The van der Waals surface area contributed by atoms with Gasteiger partial charge in [0.1, 0.15) is 0 Å². The quantitative estimate of drug-likeness (QED) is 0.702. The number of nitrogens with zero attached hydrogens (tertiary/aromatic N) is 1.